The molecule has 0 aliphatic carbocycles. The maximum atomic E-state index is 12.4. The van der Waals surface area contributed by atoms with Crippen LogP contribution in [0.3, 0.4) is 0 Å². The Labute approximate surface area is 117 Å². The molecule has 110 valence electrons. The lowest BCUT2D eigenvalue weighted by Gasteiger charge is -2.36. The number of nitrogens with two attached hydrogens (primary N) is 1. The number of nitrogens with one attached hydrogen (secondary N) is 1. The van der Waals surface area contributed by atoms with Crippen molar-refractivity contribution in [2.75, 3.05) is 32.7 Å². The van der Waals surface area contributed by atoms with Gasteiger partial charge in [-0.25, -0.2) is 0 Å². The van der Waals surface area contributed by atoms with Gasteiger partial charge in [-0.05, 0) is 31.0 Å². The molecule has 0 atom stereocenters. The number of carbonyl (C=O) groups is 1. The molecular formula is C14H20N2O4. The van der Waals surface area contributed by atoms with E-state index in [1.165, 1.54) is 7.11 Å². The molecule has 6 nitrogen and oxygen atoms in total. The fourth-order valence-corrected chi connectivity index (χ4v) is 2.25. The summed E-state index contributed by atoms with van der Waals surface area (Å²) in [7, 11) is 1.53. The van der Waals surface area contributed by atoms with E-state index < -0.39 is 5.54 Å². The Balaban J connectivity index is 2.18. The second-order valence-corrected chi connectivity index (χ2v) is 4.96. The van der Waals surface area contributed by atoms with E-state index in [9.17, 15) is 9.90 Å². The molecule has 1 aliphatic heterocycles. The largest absolute Gasteiger partial charge is 0.497 e. The first-order valence-corrected chi connectivity index (χ1v) is 6.55. The maximum Gasteiger partial charge on any atom is 0.254 e. The molecule has 1 amide bonds. The molecule has 1 heterocycles. The number of hydrogen-bond acceptors (Lipinski definition) is 5. The van der Waals surface area contributed by atoms with E-state index in [-0.39, 0.29) is 12.5 Å². The maximum absolute atomic E-state index is 12.4. The molecule has 20 heavy (non-hydrogen) atoms. The Morgan fingerprint density at radius 2 is 2.20 bits per heavy atom. The highest BCUT2D eigenvalue weighted by Crippen LogP contribution is 2.23. The first kappa shape index (κ1) is 14.6. The number of nitrogen functional groups attached to an aromatic ring is 1. The van der Waals surface area contributed by atoms with E-state index in [2.05, 4.69) is 5.32 Å². The SMILES string of the molecule is COc1ccc(N)c(C(=O)NC2(CO)CCOCC2)c1. The van der Waals surface area contributed by atoms with E-state index in [0.29, 0.717) is 43.1 Å². The summed E-state index contributed by atoms with van der Waals surface area (Å²) in [6.45, 7) is 0.925. The van der Waals surface area contributed by atoms with Gasteiger partial charge in [0, 0.05) is 18.9 Å². The fourth-order valence-electron chi connectivity index (χ4n) is 2.25. The molecule has 0 radical (unpaired) electrons. The van der Waals surface area contributed by atoms with Gasteiger partial charge >= 0.3 is 0 Å². The summed E-state index contributed by atoms with van der Waals surface area (Å²) in [6.07, 6.45) is 1.16. The number of anilines is 1. The van der Waals surface area contributed by atoms with Crippen molar-refractivity contribution in [1.29, 1.82) is 0 Å². The molecule has 2 rings (SSSR count). The zero-order valence-corrected chi connectivity index (χ0v) is 11.5. The standard InChI is InChI=1S/C14H20N2O4/c1-19-10-2-3-12(15)11(8-10)13(18)16-14(9-17)4-6-20-7-5-14/h2-3,8,17H,4-7,9,15H2,1H3,(H,16,18). The van der Waals surface area contributed by atoms with E-state index in [4.69, 9.17) is 15.2 Å². The van der Waals surface area contributed by atoms with Crippen LogP contribution >= 0.6 is 0 Å². The molecule has 4 N–H and O–H groups in total. The monoisotopic (exact) mass is 280 g/mol. The van der Waals surface area contributed by atoms with Gasteiger partial charge in [0.2, 0.25) is 0 Å². The van der Waals surface area contributed by atoms with Gasteiger partial charge < -0.3 is 25.6 Å². The van der Waals surface area contributed by atoms with Crippen LogP contribution in [0.2, 0.25) is 0 Å². The number of methoxy groups -OCH3 is 1. The Kier molecular flexibility index (Phi) is 4.46. The number of aliphatic hydroxyl groups is 1. The predicted molar refractivity (Wildman–Crippen MR) is 74.7 cm³/mol. The lowest BCUT2D eigenvalue weighted by Crippen LogP contribution is -2.54. The molecule has 0 saturated carbocycles. The second kappa shape index (κ2) is 6.11. The van der Waals surface area contributed by atoms with Gasteiger partial charge in [0.1, 0.15) is 5.75 Å². The fraction of sp³-hybridized carbons (Fsp3) is 0.500. The van der Waals surface area contributed by atoms with Crippen LogP contribution in [0, 0.1) is 0 Å². The molecule has 1 saturated heterocycles. The summed E-state index contributed by atoms with van der Waals surface area (Å²) in [6, 6.07) is 4.92. The Bertz CT molecular complexity index is 484. The van der Waals surface area contributed by atoms with Crippen LogP contribution in [0.15, 0.2) is 18.2 Å². The first-order valence-electron chi connectivity index (χ1n) is 6.55. The number of ether oxygens (including phenoxy) is 2. The molecule has 6 heteroatoms. The summed E-state index contributed by atoms with van der Waals surface area (Å²) in [5.74, 6) is 0.256. The first-order chi connectivity index (χ1) is 9.60. The number of benzene rings is 1. The summed E-state index contributed by atoms with van der Waals surface area (Å²) in [5, 5.41) is 12.5. The molecule has 0 bridgehead atoms. The van der Waals surface area contributed by atoms with Crippen molar-refractivity contribution in [3.63, 3.8) is 0 Å². The number of amides is 1. The van der Waals surface area contributed by atoms with E-state index >= 15 is 0 Å². The van der Waals surface area contributed by atoms with Crippen molar-refractivity contribution in [2.24, 2.45) is 0 Å². The molecule has 0 aromatic heterocycles. The van der Waals surface area contributed by atoms with Gasteiger partial charge in [-0.3, -0.25) is 4.79 Å². The molecule has 1 fully saturated rings. The van der Waals surface area contributed by atoms with Crippen molar-refractivity contribution in [2.45, 2.75) is 18.4 Å². The molecule has 0 spiro atoms. The minimum Gasteiger partial charge on any atom is -0.497 e. The van der Waals surface area contributed by atoms with E-state index in [0.717, 1.165) is 0 Å². The Morgan fingerprint density at radius 3 is 2.80 bits per heavy atom. The van der Waals surface area contributed by atoms with Crippen molar-refractivity contribution in [1.82, 2.24) is 5.32 Å². The number of aliphatic hydroxyl groups excluding tert-OH is 1. The van der Waals surface area contributed by atoms with Crippen LogP contribution in [0.1, 0.15) is 23.2 Å². The van der Waals surface area contributed by atoms with Gasteiger partial charge in [0.15, 0.2) is 0 Å². The molecular weight excluding hydrogens is 260 g/mol. The predicted octanol–water partition coefficient (Wildman–Crippen LogP) is 0.549. The number of hydrogen-bond donors (Lipinski definition) is 3. The lowest BCUT2D eigenvalue weighted by molar-refractivity contribution is 0.0125. The van der Waals surface area contributed by atoms with Gasteiger partial charge in [-0.15, -0.1) is 0 Å². The van der Waals surface area contributed by atoms with Crippen LogP contribution in [0.4, 0.5) is 5.69 Å². The number of carbonyl (C=O) groups excluding carboxylic acids is 1. The van der Waals surface area contributed by atoms with Gasteiger partial charge in [-0.1, -0.05) is 0 Å². The van der Waals surface area contributed by atoms with Crippen LogP contribution in [0.25, 0.3) is 0 Å². The van der Waals surface area contributed by atoms with Crippen molar-refractivity contribution in [3.8, 4) is 5.75 Å². The van der Waals surface area contributed by atoms with Crippen molar-refractivity contribution >= 4 is 11.6 Å². The molecule has 1 aromatic carbocycles. The van der Waals surface area contributed by atoms with Gasteiger partial charge in [0.25, 0.3) is 5.91 Å². The minimum absolute atomic E-state index is 0.119. The van der Waals surface area contributed by atoms with E-state index in [1.54, 1.807) is 18.2 Å². The summed E-state index contributed by atoms with van der Waals surface area (Å²) in [4.78, 5) is 12.4. The van der Waals surface area contributed by atoms with Crippen LogP contribution in [-0.4, -0.2) is 43.5 Å². The minimum atomic E-state index is -0.634. The van der Waals surface area contributed by atoms with Gasteiger partial charge in [-0.2, -0.15) is 0 Å². The quantitative estimate of drug-likeness (QED) is 0.700. The Hall–Kier alpha value is -1.79. The average Bonchev–Trinajstić information content (AvgIpc) is 2.48. The summed E-state index contributed by atoms with van der Waals surface area (Å²) < 4.78 is 10.4. The number of rotatable bonds is 4. The highest BCUT2D eigenvalue weighted by molar-refractivity contribution is 6.00. The van der Waals surface area contributed by atoms with Crippen LogP contribution in [-0.2, 0) is 4.74 Å². The topological polar surface area (TPSA) is 93.8 Å². The average molecular weight is 280 g/mol. The van der Waals surface area contributed by atoms with E-state index in [1.807, 2.05) is 0 Å². The zero-order valence-electron chi connectivity index (χ0n) is 11.5. The molecule has 0 unspecified atom stereocenters. The third-order valence-electron chi connectivity index (χ3n) is 3.64. The van der Waals surface area contributed by atoms with Crippen LogP contribution < -0.4 is 15.8 Å². The van der Waals surface area contributed by atoms with Crippen molar-refractivity contribution < 1.29 is 19.4 Å². The normalized spacial score (nSPS) is 17.5. The summed E-state index contributed by atoms with van der Waals surface area (Å²) >= 11 is 0. The second-order valence-electron chi connectivity index (χ2n) is 4.96. The van der Waals surface area contributed by atoms with Gasteiger partial charge in [0.05, 0.1) is 24.8 Å². The Morgan fingerprint density at radius 1 is 1.50 bits per heavy atom. The lowest BCUT2D eigenvalue weighted by atomic mass is 9.90. The van der Waals surface area contributed by atoms with Crippen LogP contribution in [0.5, 0.6) is 5.75 Å². The highest BCUT2D eigenvalue weighted by atomic mass is 16.5. The highest BCUT2D eigenvalue weighted by Gasteiger charge is 2.34. The third-order valence-corrected chi connectivity index (χ3v) is 3.64. The molecule has 1 aliphatic rings. The molecule has 1 aromatic rings. The van der Waals surface area contributed by atoms with Crippen molar-refractivity contribution in [3.05, 3.63) is 23.8 Å². The zero-order chi connectivity index (χ0) is 14.6. The summed E-state index contributed by atoms with van der Waals surface area (Å²) in [5.41, 5.74) is 5.93. The smallest absolute Gasteiger partial charge is 0.254 e. The third kappa shape index (κ3) is 3.02.